The highest BCUT2D eigenvalue weighted by atomic mass is 32.1. The number of aromatic nitrogens is 2. The summed E-state index contributed by atoms with van der Waals surface area (Å²) in [5.74, 6) is -1.40. The van der Waals surface area contributed by atoms with Crippen LogP contribution in [0.1, 0.15) is 47.5 Å². The Morgan fingerprint density at radius 1 is 1.24 bits per heavy atom. The van der Waals surface area contributed by atoms with Crippen molar-refractivity contribution >= 4 is 39.7 Å². The van der Waals surface area contributed by atoms with Gasteiger partial charge in [0.2, 0.25) is 0 Å². The van der Waals surface area contributed by atoms with Crippen LogP contribution in [0.3, 0.4) is 0 Å². The molecule has 0 radical (unpaired) electrons. The highest BCUT2D eigenvalue weighted by Crippen LogP contribution is 2.34. The number of nitrogens with one attached hydrogen (secondary N) is 2. The van der Waals surface area contributed by atoms with Crippen molar-refractivity contribution in [2.45, 2.75) is 32.7 Å². The van der Waals surface area contributed by atoms with Crippen molar-refractivity contribution in [2.75, 3.05) is 12.4 Å². The van der Waals surface area contributed by atoms with E-state index in [0.717, 1.165) is 24.2 Å². The number of amides is 2. The zero-order valence-corrected chi connectivity index (χ0v) is 19.8. The van der Waals surface area contributed by atoms with Crippen LogP contribution >= 0.6 is 11.3 Å². The molecule has 3 aromatic rings. The first-order valence-electron chi connectivity index (χ1n) is 10.2. The molecule has 0 aliphatic heterocycles. The number of pyridine rings is 1. The standard InChI is InChI=1S/C18H16FN5O2S.C2H6.C2H4.C2H2/c1-21-15-10-4-9(18-24-14(7-27-18)16(20)25)12(19)5-13(10)22-6-11(15)17(26)23-8-2-3-8;3*1-2/h4-8H,2-3H2,1H3,(H2,20,25)(H,21,22)(H,23,26);1-2H3;1-2H2;1-2H. The summed E-state index contributed by atoms with van der Waals surface area (Å²) in [5.41, 5.74) is 6.90. The molecule has 0 spiro atoms. The van der Waals surface area contributed by atoms with Gasteiger partial charge in [-0.15, -0.1) is 37.3 Å². The lowest BCUT2D eigenvalue weighted by Gasteiger charge is -2.13. The molecular weight excluding hydrogens is 441 g/mol. The number of carbonyl (C=O) groups excluding carboxylic acids is 2. The van der Waals surface area contributed by atoms with E-state index in [0.29, 0.717) is 27.2 Å². The van der Waals surface area contributed by atoms with Gasteiger partial charge >= 0.3 is 0 Å². The van der Waals surface area contributed by atoms with Crippen LogP contribution in [0.5, 0.6) is 0 Å². The van der Waals surface area contributed by atoms with Gasteiger partial charge in [-0.25, -0.2) is 9.37 Å². The molecule has 9 heteroatoms. The van der Waals surface area contributed by atoms with Gasteiger partial charge in [-0.1, -0.05) is 13.8 Å². The molecule has 0 saturated heterocycles. The van der Waals surface area contributed by atoms with Gasteiger partial charge in [-0.2, -0.15) is 0 Å². The van der Waals surface area contributed by atoms with E-state index < -0.39 is 11.7 Å². The highest BCUT2D eigenvalue weighted by Gasteiger charge is 2.26. The van der Waals surface area contributed by atoms with Crippen LogP contribution in [0.4, 0.5) is 10.1 Å². The van der Waals surface area contributed by atoms with E-state index in [1.165, 1.54) is 17.6 Å². The number of nitrogens with two attached hydrogens (primary N) is 1. The molecule has 0 bridgehead atoms. The predicted octanol–water partition coefficient (Wildman–Crippen LogP) is 4.61. The zero-order valence-electron chi connectivity index (χ0n) is 18.9. The fourth-order valence-electron chi connectivity index (χ4n) is 2.82. The third-order valence-electron chi connectivity index (χ3n) is 4.35. The number of rotatable bonds is 5. The number of terminal acetylenes is 1. The van der Waals surface area contributed by atoms with E-state index in [1.54, 1.807) is 13.1 Å². The fourth-order valence-corrected chi connectivity index (χ4v) is 3.65. The van der Waals surface area contributed by atoms with Crippen LogP contribution in [0.2, 0.25) is 0 Å². The molecule has 2 amide bonds. The Morgan fingerprint density at radius 3 is 2.39 bits per heavy atom. The number of fused-ring (bicyclic) bond motifs is 1. The Balaban J connectivity index is 0.000000841. The average molecular weight is 470 g/mol. The van der Waals surface area contributed by atoms with Gasteiger partial charge in [0.05, 0.1) is 16.8 Å². The molecule has 33 heavy (non-hydrogen) atoms. The third-order valence-corrected chi connectivity index (χ3v) is 5.23. The van der Waals surface area contributed by atoms with E-state index in [4.69, 9.17) is 5.73 Å². The summed E-state index contributed by atoms with van der Waals surface area (Å²) in [7, 11) is 1.69. The van der Waals surface area contributed by atoms with Gasteiger partial charge in [-0.3, -0.25) is 14.6 Å². The van der Waals surface area contributed by atoms with Crippen LogP contribution in [0.25, 0.3) is 21.5 Å². The summed E-state index contributed by atoms with van der Waals surface area (Å²) in [6.07, 6.45) is 11.4. The number of thiazole rings is 1. The lowest BCUT2D eigenvalue weighted by Crippen LogP contribution is -2.26. The van der Waals surface area contributed by atoms with E-state index in [2.05, 4.69) is 46.6 Å². The Kier molecular flexibility index (Phi) is 10.7. The number of anilines is 1. The number of benzene rings is 1. The van der Waals surface area contributed by atoms with Crippen molar-refractivity contribution in [2.24, 2.45) is 5.73 Å². The summed E-state index contributed by atoms with van der Waals surface area (Å²) in [5, 5.41) is 8.36. The first kappa shape index (κ1) is 27.3. The SMILES string of the molecule is C#C.C=C.CC.CNc1c(C(=O)NC2CC2)cnc2cc(F)c(-c3nc(C(N)=O)cs3)cc12. The summed E-state index contributed by atoms with van der Waals surface area (Å²) >= 11 is 1.12. The number of hydrogen-bond donors (Lipinski definition) is 3. The lowest BCUT2D eigenvalue weighted by molar-refractivity contribution is 0.0950. The van der Waals surface area contributed by atoms with Crippen LogP contribution in [0, 0.1) is 18.7 Å². The number of nitrogens with zero attached hydrogens (tertiary/aromatic N) is 2. The highest BCUT2D eigenvalue weighted by molar-refractivity contribution is 7.13. The molecule has 1 aliphatic carbocycles. The smallest absolute Gasteiger partial charge is 0.268 e. The minimum Gasteiger partial charge on any atom is -0.387 e. The molecule has 2 heterocycles. The topological polar surface area (TPSA) is 110 Å². The molecule has 174 valence electrons. The molecular formula is C24H28FN5O2S. The molecule has 1 aromatic carbocycles. The molecule has 2 aromatic heterocycles. The second kappa shape index (κ2) is 12.9. The Bertz CT molecular complexity index is 1140. The summed E-state index contributed by atoms with van der Waals surface area (Å²) in [6.45, 7) is 10.0. The Morgan fingerprint density at radius 2 is 1.88 bits per heavy atom. The summed E-state index contributed by atoms with van der Waals surface area (Å²) in [6, 6.07) is 3.09. The first-order valence-corrected chi connectivity index (χ1v) is 11.1. The second-order valence-corrected chi connectivity index (χ2v) is 7.15. The second-order valence-electron chi connectivity index (χ2n) is 6.30. The minimum atomic E-state index is -0.671. The van der Waals surface area contributed by atoms with Gasteiger partial charge in [0.25, 0.3) is 11.8 Å². The van der Waals surface area contributed by atoms with Crippen molar-refractivity contribution in [1.82, 2.24) is 15.3 Å². The predicted molar refractivity (Wildman–Crippen MR) is 134 cm³/mol. The zero-order chi connectivity index (χ0) is 25.1. The fraction of sp³-hybridized carbons (Fsp3) is 0.250. The normalized spacial score (nSPS) is 11.5. The van der Waals surface area contributed by atoms with Gasteiger partial charge in [0.1, 0.15) is 16.5 Å². The maximum atomic E-state index is 14.6. The van der Waals surface area contributed by atoms with E-state index in [9.17, 15) is 14.0 Å². The average Bonchev–Trinajstić information content (AvgIpc) is 3.52. The molecule has 0 atom stereocenters. The van der Waals surface area contributed by atoms with Crippen LogP contribution in [-0.4, -0.2) is 34.9 Å². The summed E-state index contributed by atoms with van der Waals surface area (Å²) in [4.78, 5) is 32.1. The molecule has 4 N–H and O–H groups in total. The number of halogens is 1. The molecule has 0 unspecified atom stereocenters. The van der Waals surface area contributed by atoms with Gasteiger partial charge in [0.15, 0.2) is 0 Å². The molecule has 1 saturated carbocycles. The van der Waals surface area contributed by atoms with Crippen molar-refractivity contribution in [1.29, 1.82) is 0 Å². The minimum absolute atomic E-state index is 0.0824. The third kappa shape index (κ3) is 6.37. The molecule has 1 fully saturated rings. The first-order chi connectivity index (χ1) is 16.0. The monoisotopic (exact) mass is 469 g/mol. The Labute approximate surface area is 197 Å². The van der Waals surface area contributed by atoms with E-state index >= 15 is 0 Å². The quantitative estimate of drug-likeness (QED) is 0.373. The van der Waals surface area contributed by atoms with Crippen molar-refractivity contribution in [3.05, 3.63) is 53.9 Å². The van der Waals surface area contributed by atoms with Gasteiger partial charge < -0.3 is 16.4 Å². The maximum Gasteiger partial charge on any atom is 0.268 e. The molecule has 4 rings (SSSR count). The van der Waals surface area contributed by atoms with Gasteiger partial charge in [-0.05, 0) is 18.9 Å². The van der Waals surface area contributed by atoms with Crippen molar-refractivity contribution < 1.29 is 14.0 Å². The number of primary amides is 1. The molecule has 7 nitrogen and oxygen atoms in total. The number of carbonyl (C=O) groups is 2. The van der Waals surface area contributed by atoms with Gasteiger partial charge in [0, 0.05) is 41.7 Å². The van der Waals surface area contributed by atoms with E-state index in [1.807, 2.05) is 13.8 Å². The number of hydrogen-bond acceptors (Lipinski definition) is 6. The lowest BCUT2D eigenvalue weighted by atomic mass is 10.1. The summed E-state index contributed by atoms with van der Waals surface area (Å²) < 4.78 is 14.6. The van der Waals surface area contributed by atoms with E-state index in [-0.39, 0.29) is 23.2 Å². The van der Waals surface area contributed by atoms with Crippen LogP contribution in [-0.2, 0) is 0 Å². The molecule has 1 aliphatic rings. The van der Waals surface area contributed by atoms with Crippen LogP contribution in [0.15, 0.2) is 36.9 Å². The van der Waals surface area contributed by atoms with Crippen LogP contribution < -0.4 is 16.4 Å². The maximum absolute atomic E-state index is 14.6. The van der Waals surface area contributed by atoms with Crippen molar-refractivity contribution in [3.8, 4) is 23.4 Å². The Hall–Kier alpha value is -3.77. The largest absolute Gasteiger partial charge is 0.387 e. The van der Waals surface area contributed by atoms with Crippen molar-refractivity contribution in [3.63, 3.8) is 0 Å².